The largest absolute Gasteiger partial charge is 0.299 e. The number of hydrogen-bond donors (Lipinski definition) is 0. The second kappa shape index (κ2) is 5.29. The van der Waals surface area contributed by atoms with E-state index in [2.05, 4.69) is 6.92 Å². The van der Waals surface area contributed by atoms with Gasteiger partial charge in [-0.05, 0) is 24.3 Å². The Labute approximate surface area is 97.9 Å². The molecule has 0 unspecified atom stereocenters. The Morgan fingerprint density at radius 3 is 2.38 bits per heavy atom. The lowest BCUT2D eigenvalue weighted by molar-refractivity contribution is -0.123. The fraction of sp³-hybridized carbons (Fsp3) is 0.533. The lowest BCUT2D eigenvalue weighted by Crippen LogP contribution is -2.22. The molecule has 0 N–H and O–H groups in total. The van der Waals surface area contributed by atoms with Gasteiger partial charge in [0, 0.05) is 12.3 Å². The Hall–Kier alpha value is -1.11. The first-order valence-corrected chi connectivity index (χ1v) is 6.32. The molecule has 86 valence electrons. The van der Waals surface area contributed by atoms with Crippen molar-refractivity contribution in [3.63, 3.8) is 0 Å². The van der Waals surface area contributed by atoms with Gasteiger partial charge in [-0.3, -0.25) is 4.79 Å². The molecule has 1 aromatic rings. The van der Waals surface area contributed by atoms with Gasteiger partial charge in [-0.15, -0.1) is 0 Å². The van der Waals surface area contributed by atoms with Crippen molar-refractivity contribution >= 4 is 5.78 Å². The summed E-state index contributed by atoms with van der Waals surface area (Å²) in [6, 6.07) is 10.1. The van der Waals surface area contributed by atoms with Crippen LogP contribution in [0.15, 0.2) is 30.3 Å². The number of rotatable bonds is 3. The van der Waals surface area contributed by atoms with Gasteiger partial charge in [0.25, 0.3) is 0 Å². The molecular weight excluding hydrogens is 196 g/mol. The zero-order valence-corrected chi connectivity index (χ0v) is 9.99. The summed E-state index contributed by atoms with van der Waals surface area (Å²) < 4.78 is 0. The molecule has 1 saturated carbocycles. The number of hydrogen-bond acceptors (Lipinski definition) is 1. The van der Waals surface area contributed by atoms with E-state index in [1.807, 2.05) is 30.3 Å². The lowest BCUT2D eigenvalue weighted by Gasteiger charge is -2.25. The third kappa shape index (κ3) is 2.94. The van der Waals surface area contributed by atoms with E-state index in [4.69, 9.17) is 0 Å². The molecule has 0 bridgehead atoms. The molecule has 0 amide bonds. The van der Waals surface area contributed by atoms with E-state index < -0.39 is 0 Å². The molecule has 16 heavy (non-hydrogen) atoms. The topological polar surface area (TPSA) is 17.1 Å². The quantitative estimate of drug-likeness (QED) is 0.754. The number of carbonyl (C=O) groups excluding carboxylic acids is 1. The molecule has 0 saturated heterocycles. The molecule has 0 radical (unpaired) electrons. The fourth-order valence-corrected chi connectivity index (χ4v) is 2.52. The molecular formula is C15H20O. The van der Waals surface area contributed by atoms with Crippen LogP contribution in [0.25, 0.3) is 0 Å². The molecule has 0 aromatic heterocycles. The average Bonchev–Trinajstić information content (AvgIpc) is 2.31. The van der Waals surface area contributed by atoms with Crippen LogP contribution < -0.4 is 0 Å². The van der Waals surface area contributed by atoms with Gasteiger partial charge in [-0.2, -0.15) is 0 Å². The van der Waals surface area contributed by atoms with E-state index in [1.54, 1.807) is 0 Å². The molecule has 1 aromatic carbocycles. The fourth-order valence-electron chi connectivity index (χ4n) is 2.52. The van der Waals surface area contributed by atoms with E-state index in [1.165, 1.54) is 12.8 Å². The van der Waals surface area contributed by atoms with Crippen LogP contribution >= 0.6 is 0 Å². The van der Waals surface area contributed by atoms with E-state index in [0.29, 0.717) is 18.1 Å². The summed E-state index contributed by atoms with van der Waals surface area (Å²) in [7, 11) is 0. The molecule has 0 spiro atoms. The van der Waals surface area contributed by atoms with Gasteiger partial charge in [0.15, 0.2) is 0 Å². The van der Waals surface area contributed by atoms with Crippen molar-refractivity contribution in [2.75, 3.05) is 0 Å². The van der Waals surface area contributed by atoms with Crippen LogP contribution in [-0.2, 0) is 11.2 Å². The number of Topliss-reactive ketones (excluding diaryl/α,β-unsaturated/α-hetero) is 1. The van der Waals surface area contributed by atoms with Crippen molar-refractivity contribution in [2.24, 2.45) is 11.8 Å². The van der Waals surface area contributed by atoms with E-state index in [9.17, 15) is 4.79 Å². The number of benzene rings is 1. The maximum atomic E-state index is 12.1. The van der Waals surface area contributed by atoms with E-state index >= 15 is 0 Å². The number of carbonyl (C=O) groups is 1. The van der Waals surface area contributed by atoms with Crippen LogP contribution in [0, 0.1) is 11.8 Å². The monoisotopic (exact) mass is 216 g/mol. The normalized spacial score (nSPS) is 25.3. The summed E-state index contributed by atoms with van der Waals surface area (Å²) in [6.07, 6.45) is 5.29. The molecule has 0 heterocycles. The van der Waals surface area contributed by atoms with Crippen LogP contribution in [0.2, 0.25) is 0 Å². The second-order valence-electron chi connectivity index (χ2n) is 5.09. The summed E-state index contributed by atoms with van der Waals surface area (Å²) in [6.45, 7) is 2.29. The Balaban J connectivity index is 1.89. The van der Waals surface area contributed by atoms with Gasteiger partial charge in [-0.1, -0.05) is 50.1 Å². The Kier molecular flexibility index (Phi) is 3.76. The maximum absolute atomic E-state index is 12.1. The third-order valence-electron chi connectivity index (χ3n) is 3.69. The first-order valence-electron chi connectivity index (χ1n) is 6.32. The Morgan fingerprint density at radius 1 is 1.12 bits per heavy atom. The van der Waals surface area contributed by atoms with Crippen LogP contribution in [0.5, 0.6) is 0 Å². The standard InChI is InChI=1S/C15H20O/c1-12-7-9-14(10-8-12)15(16)11-13-5-3-2-4-6-13/h2-6,12,14H,7-11H2,1H3. The zero-order valence-electron chi connectivity index (χ0n) is 9.99. The van der Waals surface area contributed by atoms with Gasteiger partial charge < -0.3 is 0 Å². The zero-order chi connectivity index (χ0) is 11.4. The van der Waals surface area contributed by atoms with Crippen LogP contribution in [0.4, 0.5) is 0 Å². The van der Waals surface area contributed by atoms with Gasteiger partial charge in [0.05, 0.1) is 0 Å². The third-order valence-corrected chi connectivity index (χ3v) is 3.69. The SMILES string of the molecule is CC1CCC(C(=O)Cc2ccccc2)CC1. The van der Waals surface area contributed by atoms with Crippen molar-refractivity contribution < 1.29 is 4.79 Å². The smallest absolute Gasteiger partial charge is 0.140 e. The molecule has 1 nitrogen and oxygen atoms in total. The van der Waals surface area contributed by atoms with Crippen molar-refractivity contribution in [1.29, 1.82) is 0 Å². The molecule has 1 aliphatic rings. The van der Waals surface area contributed by atoms with E-state index in [-0.39, 0.29) is 0 Å². The van der Waals surface area contributed by atoms with Gasteiger partial charge >= 0.3 is 0 Å². The summed E-state index contributed by atoms with van der Waals surface area (Å²) >= 11 is 0. The minimum absolute atomic E-state index is 0.330. The number of ketones is 1. The molecule has 0 atom stereocenters. The highest BCUT2D eigenvalue weighted by Gasteiger charge is 2.23. The average molecular weight is 216 g/mol. The van der Waals surface area contributed by atoms with Crippen molar-refractivity contribution in [3.8, 4) is 0 Å². The predicted octanol–water partition coefficient (Wildman–Crippen LogP) is 3.62. The van der Waals surface area contributed by atoms with E-state index in [0.717, 1.165) is 24.3 Å². The summed E-state index contributed by atoms with van der Waals surface area (Å²) in [4.78, 5) is 12.1. The van der Waals surface area contributed by atoms with Crippen LogP contribution in [0.3, 0.4) is 0 Å². The highest BCUT2D eigenvalue weighted by Crippen LogP contribution is 2.29. The van der Waals surface area contributed by atoms with Crippen molar-refractivity contribution in [2.45, 2.75) is 39.0 Å². The molecule has 2 rings (SSSR count). The van der Waals surface area contributed by atoms with Crippen LogP contribution in [-0.4, -0.2) is 5.78 Å². The van der Waals surface area contributed by atoms with Gasteiger partial charge in [-0.25, -0.2) is 0 Å². The van der Waals surface area contributed by atoms with Gasteiger partial charge in [0.1, 0.15) is 5.78 Å². The predicted molar refractivity (Wildman–Crippen MR) is 66.3 cm³/mol. The summed E-state index contributed by atoms with van der Waals surface area (Å²) in [5.74, 6) is 1.59. The van der Waals surface area contributed by atoms with Crippen molar-refractivity contribution in [1.82, 2.24) is 0 Å². The minimum atomic E-state index is 0.330. The highest BCUT2D eigenvalue weighted by atomic mass is 16.1. The summed E-state index contributed by atoms with van der Waals surface area (Å²) in [5.41, 5.74) is 1.16. The lowest BCUT2D eigenvalue weighted by atomic mass is 9.80. The first-order chi connectivity index (χ1) is 7.75. The summed E-state index contributed by atoms with van der Waals surface area (Å²) in [5, 5.41) is 0. The molecule has 1 heteroatoms. The molecule has 0 aliphatic heterocycles. The molecule has 1 fully saturated rings. The Morgan fingerprint density at radius 2 is 1.75 bits per heavy atom. The van der Waals surface area contributed by atoms with Gasteiger partial charge in [0.2, 0.25) is 0 Å². The van der Waals surface area contributed by atoms with Crippen LogP contribution in [0.1, 0.15) is 38.2 Å². The highest BCUT2D eigenvalue weighted by molar-refractivity contribution is 5.83. The van der Waals surface area contributed by atoms with Crippen molar-refractivity contribution in [3.05, 3.63) is 35.9 Å². The second-order valence-corrected chi connectivity index (χ2v) is 5.09. The maximum Gasteiger partial charge on any atom is 0.140 e. The first kappa shape index (κ1) is 11.4. The molecule has 1 aliphatic carbocycles. The Bertz CT molecular complexity index is 334. The minimum Gasteiger partial charge on any atom is -0.299 e.